The van der Waals surface area contributed by atoms with Crippen LogP contribution in [0.2, 0.25) is 0 Å². The number of nitro benzene ring substituents is 1. The lowest BCUT2D eigenvalue weighted by atomic mass is 9.65. The topological polar surface area (TPSA) is 86.5 Å². The maximum atomic E-state index is 13.2. The number of nitro groups is 1. The number of hydrogen-bond acceptors (Lipinski definition) is 5. The highest BCUT2D eigenvalue weighted by Crippen LogP contribution is 2.53. The van der Waals surface area contributed by atoms with Gasteiger partial charge in [0.1, 0.15) is 11.5 Å². The lowest BCUT2D eigenvalue weighted by molar-refractivity contribution is -0.385. The van der Waals surface area contributed by atoms with Gasteiger partial charge in [0, 0.05) is 54.4 Å². The Hall–Kier alpha value is -2.76. The van der Waals surface area contributed by atoms with Gasteiger partial charge in [-0.25, -0.2) is 0 Å². The molecule has 1 heterocycles. The number of carbonyl (C=O) groups excluding carboxylic acids is 2. The minimum absolute atomic E-state index is 0.00420. The van der Waals surface area contributed by atoms with Crippen molar-refractivity contribution in [2.75, 3.05) is 0 Å². The quantitative estimate of drug-likeness (QED) is 0.488. The van der Waals surface area contributed by atoms with Crippen molar-refractivity contribution in [2.45, 2.75) is 66.2 Å². The van der Waals surface area contributed by atoms with E-state index in [-0.39, 0.29) is 28.1 Å². The van der Waals surface area contributed by atoms with Crippen LogP contribution in [0, 0.1) is 27.9 Å². The molecule has 1 aromatic rings. The highest BCUT2D eigenvalue weighted by Gasteiger charge is 2.48. The van der Waals surface area contributed by atoms with Crippen LogP contribution in [0.1, 0.15) is 70.4 Å². The lowest BCUT2D eigenvalue weighted by Crippen LogP contribution is -2.37. The van der Waals surface area contributed by atoms with Crippen molar-refractivity contribution in [1.82, 2.24) is 0 Å². The maximum Gasteiger partial charge on any atom is 0.272 e. The first-order valence-electron chi connectivity index (χ1n) is 10.3. The summed E-state index contributed by atoms with van der Waals surface area (Å²) in [5.74, 6) is 0.551. The van der Waals surface area contributed by atoms with Crippen LogP contribution in [-0.4, -0.2) is 16.5 Å². The molecule has 0 saturated carbocycles. The largest absolute Gasteiger partial charge is 0.465 e. The number of rotatable bonds is 2. The number of nitrogens with zero attached hydrogens (tertiary/aromatic N) is 1. The van der Waals surface area contributed by atoms with Gasteiger partial charge in [0.25, 0.3) is 5.69 Å². The standard InChI is InChI=1S/C24H27NO5/c1-13-6-7-14(8-15(13)25(28)29)20-21-16(26)9-23(2,3)11-18(21)30-19-12-24(4,5)10-17(27)22(19)20/h6-8,20H,9-12H2,1-5H3. The number of aryl methyl sites for hydroxylation is 1. The third kappa shape index (κ3) is 3.38. The Labute approximate surface area is 176 Å². The number of ether oxygens (including phenoxy) is 1. The van der Waals surface area contributed by atoms with Gasteiger partial charge in [0.05, 0.1) is 4.92 Å². The van der Waals surface area contributed by atoms with Gasteiger partial charge in [-0.15, -0.1) is 0 Å². The number of allylic oxidation sites excluding steroid dienone is 4. The molecular weight excluding hydrogens is 382 g/mol. The van der Waals surface area contributed by atoms with Gasteiger partial charge < -0.3 is 4.74 Å². The van der Waals surface area contributed by atoms with Crippen LogP contribution < -0.4 is 0 Å². The van der Waals surface area contributed by atoms with Crippen molar-refractivity contribution in [3.8, 4) is 0 Å². The van der Waals surface area contributed by atoms with Gasteiger partial charge in [-0.05, 0) is 23.3 Å². The Morgan fingerprint density at radius 3 is 1.90 bits per heavy atom. The summed E-state index contributed by atoms with van der Waals surface area (Å²) in [6.45, 7) is 9.81. The normalized spacial score (nSPS) is 23.1. The number of Topliss-reactive ketones (excluding diaryl/α,β-unsaturated/α-hetero) is 2. The van der Waals surface area contributed by atoms with E-state index in [0.717, 1.165) is 0 Å². The highest BCUT2D eigenvalue weighted by atomic mass is 16.6. The second-order valence-electron chi connectivity index (χ2n) is 10.4. The van der Waals surface area contributed by atoms with Crippen molar-refractivity contribution in [3.05, 3.63) is 62.1 Å². The number of hydrogen-bond donors (Lipinski definition) is 0. The van der Waals surface area contributed by atoms with Crippen LogP contribution in [0.4, 0.5) is 5.69 Å². The smallest absolute Gasteiger partial charge is 0.272 e. The van der Waals surface area contributed by atoms with Crippen LogP contribution in [0.15, 0.2) is 40.9 Å². The van der Waals surface area contributed by atoms with E-state index in [0.29, 0.717) is 59.5 Å². The molecule has 0 unspecified atom stereocenters. The Morgan fingerprint density at radius 1 is 0.933 bits per heavy atom. The van der Waals surface area contributed by atoms with Crippen LogP contribution in [-0.2, 0) is 14.3 Å². The molecule has 0 bridgehead atoms. The minimum atomic E-state index is -0.602. The summed E-state index contributed by atoms with van der Waals surface area (Å²) in [5, 5.41) is 11.5. The van der Waals surface area contributed by atoms with E-state index in [4.69, 9.17) is 4.74 Å². The molecule has 0 spiro atoms. The number of carbonyl (C=O) groups is 2. The molecule has 6 heteroatoms. The molecule has 158 valence electrons. The van der Waals surface area contributed by atoms with E-state index in [2.05, 4.69) is 0 Å². The molecule has 0 radical (unpaired) electrons. The predicted molar refractivity (Wildman–Crippen MR) is 112 cm³/mol. The number of benzene rings is 1. The summed E-state index contributed by atoms with van der Waals surface area (Å²) < 4.78 is 6.24. The Bertz CT molecular complexity index is 1010. The van der Waals surface area contributed by atoms with Gasteiger partial charge in [-0.1, -0.05) is 39.8 Å². The summed E-state index contributed by atoms with van der Waals surface area (Å²) in [6.07, 6.45) is 1.93. The van der Waals surface area contributed by atoms with Gasteiger partial charge in [-0.3, -0.25) is 19.7 Å². The molecule has 0 aromatic heterocycles. The molecule has 0 fully saturated rings. The van der Waals surface area contributed by atoms with E-state index in [1.54, 1.807) is 19.1 Å². The van der Waals surface area contributed by atoms with Gasteiger partial charge in [0.2, 0.25) is 0 Å². The summed E-state index contributed by atoms with van der Waals surface area (Å²) in [6, 6.07) is 5.01. The van der Waals surface area contributed by atoms with E-state index in [9.17, 15) is 19.7 Å². The molecule has 0 saturated heterocycles. The number of ketones is 2. The molecule has 1 aliphatic heterocycles. The zero-order valence-corrected chi connectivity index (χ0v) is 18.1. The van der Waals surface area contributed by atoms with Crippen molar-refractivity contribution in [1.29, 1.82) is 0 Å². The fourth-order valence-electron chi connectivity index (χ4n) is 5.01. The molecule has 30 heavy (non-hydrogen) atoms. The van der Waals surface area contributed by atoms with E-state index < -0.39 is 10.8 Å². The monoisotopic (exact) mass is 409 g/mol. The lowest BCUT2D eigenvalue weighted by Gasteiger charge is -2.42. The van der Waals surface area contributed by atoms with E-state index >= 15 is 0 Å². The second kappa shape index (κ2) is 6.62. The first kappa shape index (κ1) is 20.5. The van der Waals surface area contributed by atoms with Gasteiger partial charge >= 0.3 is 0 Å². The first-order valence-corrected chi connectivity index (χ1v) is 10.3. The molecular formula is C24H27NO5. The summed E-state index contributed by atoms with van der Waals surface area (Å²) >= 11 is 0. The average Bonchev–Trinajstić information content (AvgIpc) is 2.57. The van der Waals surface area contributed by atoms with Crippen molar-refractivity contribution >= 4 is 17.3 Å². The molecule has 0 atom stereocenters. The first-order chi connectivity index (χ1) is 13.9. The van der Waals surface area contributed by atoms with E-state index in [1.165, 1.54) is 6.07 Å². The fourth-order valence-corrected chi connectivity index (χ4v) is 5.01. The molecule has 6 nitrogen and oxygen atoms in total. The van der Waals surface area contributed by atoms with Gasteiger partial charge in [-0.2, -0.15) is 0 Å². The Kier molecular flexibility index (Phi) is 4.53. The Morgan fingerprint density at radius 2 is 1.43 bits per heavy atom. The molecule has 0 amide bonds. The zero-order chi connectivity index (χ0) is 22.0. The summed E-state index contributed by atoms with van der Waals surface area (Å²) in [4.78, 5) is 37.6. The van der Waals surface area contributed by atoms with Crippen molar-refractivity contribution in [2.24, 2.45) is 10.8 Å². The van der Waals surface area contributed by atoms with Crippen molar-refractivity contribution < 1.29 is 19.2 Å². The van der Waals surface area contributed by atoms with Crippen LogP contribution in [0.3, 0.4) is 0 Å². The molecule has 0 N–H and O–H groups in total. The van der Waals surface area contributed by atoms with E-state index in [1.807, 2.05) is 27.7 Å². The third-order valence-corrected chi connectivity index (χ3v) is 6.35. The summed E-state index contributed by atoms with van der Waals surface area (Å²) in [5.41, 5.74) is 1.69. The van der Waals surface area contributed by atoms with Crippen LogP contribution >= 0.6 is 0 Å². The highest BCUT2D eigenvalue weighted by molar-refractivity contribution is 6.06. The van der Waals surface area contributed by atoms with Crippen molar-refractivity contribution in [3.63, 3.8) is 0 Å². The maximum absolute atomic E-state index is 13.2. The predicted octanol–water partition coefficient (Wildman–Crippen LogP) is 5.30. The Balaban J connectivity index is 1.94. The molecule has 3 aliphatic rings. The fraction of sp³-hybridized carbons (Fsp3) is 0.500. The molecule has 2 aliphatic carbocycles. The molecule has 1 aromatic carbocycles. The molecule has 4 rings (SSSR count). The van der Waals surface area contributed by atoms with Crippen LogP contribution in [0.5, 0.6) is 0 Å². The SMILES string of the molecule is Cc1ccc(C2C3=C(CC(C)(C)CC3=O)OC3=C2C(=O)CC(C)(C)C3)cc1[N+](=O)[O-]. The second-order valence-corrected chi connectivity index (χ2v) is 10.4. The summed E-state index contributed by atoms with van der Waals surface area (Å²) in [7, 11) is 0. The third-order valence-electron chi connectivity index (χ3n) is 6.35. The zero-order valence-electron chi connectivity index (χ0n) is 18.1. The average molecular weight is 409 g/mol. The van der Waals surface area contributed by atoms with Gasteiger partial charge in [0.15, 0.2) is 11.6 Å². The van der Waals surface area contributed by atoms with Crippen LogP contribution in [0.25, 0.3) is 0 Å². The minimum Gasteiger partial charge on any atom is -0.465 e.